The van der Waals surface area contributed by atoms with E-state index < -0.39 is 11.8 Å². The number of rotatable bonds is 8. The van der Waals surface area contributed by atoms with E-state index in [1.54, 1.807) is 12.0 Å². The van der Waals surface area contributed by atoms with E-state index in [9.17, 15) is 9.90 Å². The molecule has 3 aromatic carbocycles. The molecule has 0 saturated carbocycles. The van der Waals surface area contributed by atoms with Crippen LogP contribution >= 0.6 is 0 Å². The molecule has 1 heterocycles. The summed E-state index contributed by atoms with van der Waals surface area (Å²) in [6.45, 7) is 0.667. The Morgan fingerprint density at radius 1 is 0.903 bits per heavy atom. The summed E-state index contributed by atoms with van der Waals surface area (Å²) in [5, 5.41) is 11.8. The molecule has 1 aliphatic heterocycles. The van der Waals surface area contributed by atoms with Crippen LogP contribution < -0.4 is 4.74 Å². The molecule has 1 saturated heterocycles. The van der Waals surface area contributed by atoms with Crippen LogP contribution in [0.1, 0.15) is 23.1 Å². The lowest BCUT2D eigenvalue weighted by atomic mass is 9.97. The van der Waals surface area contributed by atoms with E-state index in [0.717, 1.165) is 22.4 Å². The number of amides is 1. The van der Waals surface area contributed by atoms with Gasteiger partial charge in [-0.1, -0.05) is 72.8 Å². The van der Waals surface area contributed by atoms with Crippen molar-refractivity contribution in [2.24, 2.45) is 0 Å². The zero-order valence-electron chi connectivity index (χ0n) is 17.6. The quantitative estimate of drug-likeness (QED) is 0.603. The van der Waals surface area contributed by atoms with Crippen molar-refractivity contribution in [2.75, 3.05) is 7.11 Å². The van der Waals surface area contributed by atoms with Crippen molar-refractivity contribution in [3.8, 4) is 5.75 Å². The molecule has 0 spiro atoms. The van der Waals surface area contributed by atoms with E-state index in [2.05, 4.69) is 0 Å². The Hall–Kier alpha value is -3.15. The molecular weight excluding hydrogens is 390 g/mol. The highest BCUT2D eigenvalue weighted by Gasteiger charge is 2.52. The van der Waals surface area contributed by atoms with Crippen LogP contribution in [0.25, 0.3) is 0 Å². The fourth-order valence-corrected chi connectivity index (χ4v) is 4.03. The molecule has 160 valence electrons. The second-order valence-corrected chi connectivity index (χ2v) is 7.86. The van der Waals surface area contributed by atoms with Crippen LogP contribution in [0, 0.1) is 0 Å². The lowest BCUT2D eigenvalue weighted by Crippen LogP contribution is -2.53. The zero-order valence-corrected chi connectivity index (χ0v) is 17.6. The van der Waals surface area contributed by atoms with Crippen LogP contribution in [0.5, 0.6) is 5.75 Å². The van der Waals surface area contributed by atoms with Gasteiger partial charge in [-0.3, -0.25) is 4.79 Å². The lowest BCUT2D eigenvalue weighted by molar-refractivity contribution is -0.173. The maximum absolute atomic E-state index is 13.0. The molecule has 0 radical (unpaired) electrons. The first kappa shape index (κ1) is 21.1. The molecule has 4 rings (SSSR count). The Kier molecular flexibility index (Phi) is 6.35. The minimum atomic E-state index is -1.45. The monoisotopic (exact) mass is 417 g/mol. The van der Waals surface area contributed by atoms with Crippen molar-refractivity contribution < 1.29 is 19.4 Å². The predicted molar refractivity (Wildman–Crippen MR) is 118 cm³/mol. The van der Waals surface area contributed by atoms with Crippen molar-refractivity contribution in [3.63, 3.8) is 0 Å². The molecule has 3 aromatic rings. The first-order valence-corrected chi connectivity index (χ1v) is 10.4. The highest BCUT2D eigenvalue weighted by molar-refractivity contribution is 5.80. The second-order valence-electron chi connectivity index (χ2n) is 7.86. The van der Waals surface area contributed by atoms with Gasteiger partial charge < -0.3 is 19.5 Å². The third kappa shape index (κ3) is 4.79. The molecule has 0 bridgehead atoms. The number of hydrogen-bond acceptors (Lipinski definition) is 4. The third-order valence-electron chi connectivity index (χ3n) is 5.75. The van der Waals surface area contributed by atoms with E-state index >= 15 is 0 Å². The van der Waals surface area contributed by atoms with Gasteiger partial charge in [0.15, 0.2) is 5.72 Å². The largest absolute Gasteiger partial charge is 0.497 e. The number of benzene rings is 3. The third-order valence-corrected chi connectivity index (χ3v) is 5.75. The number of aliphatic hydroxyl groups is 1. The van der Waals surface area contributed by atoms with Gasteiger partial charge in [0, 0.05) is 13.0 Å². The molecule has 0 aliphatic carbocycles. The van der Waals surface area contributed by atoms with Gasteiger partial charge in [0.25, 0.3) is 0 Å². The first-order valence-electron chi connectivity index (χ1n) is 10.4. The van der Waals surface area contributed by atoms with Crippen LogP contribution in [-0.2, 0) is 29.1 Å². The maximum atomic E-state index is 13.0. The van der Waals surface area contributed by atoms with Gasteiger partial charge in [0.2, 0.25) is 5.91 Å². The normalized spacial score (nSPS) is 20.8. The van der Waals surface area contributed by atoms with E-state index in [1.807, 2.05) is 84.9 Å². The van der Waals surface area contributed by atoms with Gasteiger partial charge >= 0.3 is 0 Å². The first-order chi connectivity index (χ1) is 15.1. The molecule has 31 heavy (non-hydrogen) atoms. The maximum Gasteiger partial charge on any atom is 0.228 e. The zero-order chi connectivity index (χ0) is 21.7. The molecule has 2 atom stereocenters. The molecule has 5 heteroatoms. The topological polar surface area (TPSA) is 59.0 Å². The Labute approximate surface area is 182 Å². The van der Waals surface area contributed by atoms with Crippen LogP contribution in [0.4, 0.5) is 0 Å². The molecule has 1 amide bonds. The van der Waals surface area contributed by atoms with Gasteiger partial charge in [0.05, 0.1) is 20.1 Å². The number of carbonyl (C=O) groups is 1. The highest BCUT2D eigenvalue weighted by atomic mass is 16.5. The van der Waals surface area contributed by atoms with Crippen molar-refractivity contribution >= 4 is 5.91 Å². The molecule has 5 nitrogen and oxygen atoms in total. The van der Waals surface area contributed by atoms with Crippen molar-refractivity contribution in [3.05, 3.63) is 102 Å². The number of likely N-dealkylation sites (tertiary alicyclic amines) is 1. The SMILES string of the molecule is COc1ccc(CC2(O)[C@@H](OCc3ccccc3)CC(=O)N2Cc2ccccc2)cc1. The van der Waals surface area contributed by atoms with Crippen LogP contribution in [0.15, 0.2) is 84.9 Å². The molecule has 0 aromatic heterocycles. The van der Waals surface area contributed by atoms with Crippen LogP contribution in [0.3, 0.4) is 0 Å². The fourth-order valence-electron chi connectivity index (χ4n) is 4.03. The molecule has 1 aliphatic rings. The smallest absolute Gasteiger partial charge is 0.228 e. The summed E-state index contributed by atoms with van der Waals surface area (Å²) in [5.74, 6) is 0.634. The molecular formula is C26H27NO4. The summed E-state index contributed by atoms with van der Waals surface area (Å²) < 4.78 is 11.4. The Bertz CT molecular complexity index is 991. The average Bonchev–Trinajstić information content (AvgIpc) is 3.03. The Morgan fingerprint density at radius 3 is 2.13 bits per heavy atom. The summed E-state index contributed by atoms with van der Waals surface area (Å²) in [6.07, 6.45) is -0.215. The number of nitrogens with zero attached hydrogens (tertiary/aromatic N) is 1. The summed E-state index contributed by atoms with van der Waals surface area (Å²) in [7, 11) is 1.62. The minimum Gasteiger partial charge on any atom is -0.497 e. The Balaban J connectivity index is 1.60. The van der Waals surface area contributed by atoms with Gasteiger partial charge in [-0.15, -0.1) is 0 Å². The predicted octanol–water partition coefficient (Wildman–Crippen LogP) is 3.94. The van der Waals surface area contributed by atoms with E-state index in [1.165, 1.54) is 0 Å². The summed E-state index contributed by atoms with van der Waals surface area (Å²) >= 11 is 0. The average molecular weight is 418 g/mol. The van der Waals surface area contributed by atoms with Gasteiger partial charge in [-0.25, -0.2) is 0 Å². The lowest BCUT2D eigenvalue weighted by Gasteiger charge is -2.37. The molecule has 1 fully saturated rings. The van der Waals surface area contributed by atoms with Crippen LogP contribution in [0.2, 0.25) is 0 Å². The van der Waals surface area contributed by atoms with Crippen LogP contribution in [-0.4, -0.2) is 34.9 Å². The van der Waals surface area contributed by atoms with Gasteiger partial charge in [-0.05, 0) is 28.8 Å². The standard InChI is InChI=1S/C26H27NO4/c1-30-23-14-12-20(13-15-23)17-26(29)24(31-19-22-10-6-3-7-11-22)16-25(28)27(26)18-21-8-4-2-5-9-21/h2-15,24,29H,16-19H2,1H3/t24-,26?/m0/s1. The van der Waals surface area contributed by atoms with E-state index in [4.69, 9.17) is 9.47 Å². The van der Waals surface area contributed by atoms with E-state index in [0.29, 0.717) is 13.2 Å². The summed E-state index contributed by atoms with van der Waals surface area (Å²) in [5.41, 5.74) is 1.43. The molecule has 1 N–H and O–H groups in total. The van der Waals surface area contributed by atoms with Crippen molar-refractivity contribution in [2.45, 2.75) is 37.8 Å². The minimum absolute atomic E-state index is 0.113. The van der Waals surface area contributed by atoms with Crippen molar-refractivity contribution in [1.29, 1.82) is 0 Å². The second kappa shape index (κ2) is 9.33. The van der Waals surface area contributed by atoms with Gasteiger partial charge in [-0.2, -0.15) is 0 Å². The van der Waals surface area contributed by atoms with E-state index in [-0.39, 0.29) is 18.7 Å². The number of hydrogen-bond donors (Lipinski definition) is 1. The number of methoxy groups -OCH3 is 1. The summed E-state index contributed by atoms with van der Waals surface area (Å²) in [4.78, 5) is 14.5. The van der Waals surface area contributed by atoms with Crippen molar-refractivity contribution in [1.82, 2.24) is 4.90 Å². The molecule has 1 unspecified atom stereocenters. The fraction of sp³-hybridized carbons (Fsp3) is 0.269. The summed E-state index contributed by atoms with van der Waals surface area (Å²) in [6, 6.07) is 27.0. The Morgan fingerprint density at radius 2 is 1.52 bits per heavy atom. The highest BCUT2D eigenvalue weighted by Crippen LogP contribution is 2.36. The number of ether oxygens (including phenoxy) is 2. The van der Waals surface area contributed by atoms with Gasteiger partial charge in [0.1, 0.15) is 11.9 Å². The number of carbonyl (C=O) groups excluding carboxylic acids is 1.